The Morgan fingerprint density at radius 1 is 1.27 bits per heavy atom. The second kappa shape index (κ2) is 13.6. The van der Waals surface area contributed by atoms with Gasteiger partial charge in [0.15, 0.2) is 0 Å². The minimum Gasteiger partial charge on any atom is -0.468 e. The number of unbranched alkanes of at least 4 members (excludes halogenated alkanes) is 3. The number of fused-ring (bicyclic) bond motifs is 2. The lowest BCUT2D eigenvalue weighted by Gasteiger charge is -2.28. The van der Waals surface area contributed by atoms with Crippen LogP contribution in [0.1, 0.15) is 64.7 Å². The molecule has 0 spiro atoms. The molecule has 2 aliphatic rings. The van der Waals surface area contributed by atoms with Crippen LogP contribution in [0.4, 0.5) is 0 Å². The van der Waals surface area contributed by atoms with Crippen LogP contribution in [0, 0.1) is 17.8 Å². The van der Waals surface area contributed by atoms with Gasteiger partial charge in [-0.1, -0.05) is 50.5 Å². The van der Waals surface area contributed by atoms with Gasteiger partial charge in [0.1, 0.15) is 6.54 Å². The van der Waals surface area contributed by atoms with Gasteiger partial charge in [0.25, 0.3) is 0 Å². The van der Waals surface area contributed by atoms with Crippen LogP contribution in [0.25, 0.3) is 0 Å². The predicted molar refractivity (Wildman–Crippen MR) is 117 cm³/mol. The maximum Gasteiger partial charge on any atom is 0.325 e. The number of ether oxygens (including phenoxy) is 2. The van der Waals surface area contributed by atoms with Gasteiger partial charge in [-0.25, -0.2) is 0 Å². The molecule has 1 amide bonds. The summed E-state index contributed by atoms with van der Waals surface area (Å²) in [6, 6.07) is 0. The maximum absolute atomic E-state index is 11.7. The molecule has 30 heavy (non-hydrogen) atoms. The van der Waals surface area contributed by atoms with E-state index in [2.05, 4.69) is 35.2 Å². The first-order chi connectivity index (χ1) is 14.5. The highest BCUT2D eigenvalue weighted by atomic mass is 16.5. The van der Waals surface area contributed by atoms with Crippen LogP contribution < -0.4 is 5.32 Å². The summed E-state index contributed by atoms with van der Waals surface area (Å²) in [6.45, 7) is 2.96. The molecule has 1 aliphatic heterocycles. The van der Waals surface area contributed by atoms with Gasteiger partial charge in [0.2, 0.25) is 5.91 Å². The third kappa shape index (κ3) is 8.23. The zero-order valence-corrected chi connectivity index (χ0v) is 18.6. The third-order valence-corrected chi connectivity index (χ3v) is 6.25. The van der Waals surface area contributed by atoms with Gasteiger partial charge in [-0.15, -0.1) is 0 Å². The van der Waals surface area contributed by atoms with E-state index in [1.807, 2.05) is 6.08 Å². The molecule has 2 rings (SSSR count). The topological polar surface area (TPSA) is 84.9 Å². The van der Waals surface area contributed by atoms with Crippen LogP contribution in [-0.4, -0.2) is 49.5 Å². The molecule has 0 aromatic heterocycles. The summed E-state index contributed by atoms with van der Waals surface area (Å²) in [7, 11) is 1.30. The zero-order chi connectivity index (χ0) is 21.8. The summed E-state index contributed by atoms with van der Waals surface area (Å²) < 4.78 is 10.4. The largest absolute Gasteiger partial charge is 0.468 e. The smallest absolute Gasteiger partial charge is 0.325 e. The van der Waals surface area contributed by atoms with E-state index in [9.17, 15) is 14.7 Å². The standard InChI is InChI=1S/C24H39NO5/c1-3-4-7-10-19(26)13-14-21-20(18-15-22(21)30-17-18)11-8-5-6-9-12-23(27)25-16-24(28)29-2/h5,8,13-14,18-22,26H,3-4,6-7,9-12,15-17H2,1-2H3,(H,25,27)/b8-5-,14-13+/t18-,19-,20+,21-,22+/m1/s1. The molecule has 1 heterocycles. The number of amides is 1. The summed E-state index contributed by atoms with van der Waals surface area (Å²) in [6.07, 6.45) is 16.9. The van der Waals surface area contributed by atoms with Crippen molar-refractivity contribution in [1.29, 1.82) is 0 Å². The SMILES string of the molecule is CCCCC[C@@H](O)/C=C/[C@@H]1[C@@H](C/C=C\CCCC(=O)NCC(=O)OC)[C@H]2CO[C@H]1C2. The molecule has 1 saturated heterocycles. The number of hydrogen-bond donors (Lipinski definition) is 2. The molecule has 2 bridgehead atoms. The summed E-state index contributed by atoms with van der Waals surface area (Å²) in [5, 5.41) is 12.7. The van der Waals surface area contributed by atoms with E-state index >= 15 is 0 Å². The van der Waals surface area contributed by atoms with Gasteiger partial charge in [-0.3, -0.25) is 9.59 Å². The monoisotopic (exact) mass is 421 g/mol. The van der Waals surface area contributed by atoms with E-state index in [1.54, 1.807) is 0 Å². The minimum atomic E-state index is -0.435. The van der Waals surface area contributed by atoms with Gasteiger partial charge >= 0.3 is 5.97 Å². The van der Waals surface area contributed by atoms with Gasteiger partial charge in [0, 0.05) is 12.3 Å². The minimum absolute atomic E-state index is 0.0698. The average Bonchev–Trinajstić information content (AvgIpc) is 3.35. The number of aliphatic hydroxyl groups is 1. The maximum atomic E-state index is 11.7. The number of aliphatic hydroxyl groups excluding tert-OH is 1. The van der Waals surface area contributed by atoms with Crippen LogP contribution >= 0.6 is 0 Å². The predicted octanol–water partition coefficient (Wildman–Crippen LogP) is 3.54. The molecule has 0 unspecified atom stereocenters. The zero-order valence-electron chi connectivity index (χ0n) is 18.6. The van der Waals surface area contributed by atoms with Crippen molar-refractivity contribution in [1.82, 2.24) is 5.32 Å². The number of methoxy groups -OCH3 is 1. The molecular formula is C24H39NO5. The Hall–Kier alpha value is -1.66. The average molecular weight is 422 g/mol. The lowest BCUT2D eigenvalue weighted by atomic mass is 9.84. The van der Waals surface area contributed by atoms with Gasteiger partial charge in [-0.05, 0) is 43.9 Å². The normalized spacial score (nSPS) is 26.5. The van der Waals surface area contributed by atoms with Crippen molar-refractivity contribution >= 4 is 11.9 Å². The Balaban J connectivity index is 1.68. The highest BCUT2D eigenvalue weighted by Crippen LogP contribution is 2.47. The van der Waals surface area contributed by atoms with E-state index in [0.29, 0.717) is 30.3 Å². The molecule has 0 aromatic rings. The quantitative estimate of drug-likeness (QED) is 0.255. The highest BCUT2D eigenvalue weighted by Gasteiger charge is 2.46. The van der Waals surface area contributed by atoms with E-state index in [-0.39, 0.29) is 18.6 Å². The van der Waals surface area contributed by atoms with E-state index in [0.717, 1.165) is 45.1 Å². The lowest BCUT2D eigenvalue weighted by molar-refractivity contribution is -0.141. The number of hydrogen-bond acceptors (Lipinski definition) is 5. The van der Waals surface area contributed by atoms with Gasteiger partial charge < -0.3 is 19.9 Å². The van der Waals surface area contributed by atoms with Crippen LogP contribution in [0.5, 0.6) is 0 Å². The number of rotatable bonds is 14. The number of carbonyl (C=O) groups excluding carboxylic acids is 2. The van der Waals surface area contributed by atoms with Crippen molar-refractivity contribution in [2.24, 2.45) is 17.8 Å². The molecule has 1 aliphatic carbocycles. The molecule has 1 saturated carbocycles. The highest BCUT2D eigenvalue weighted by molar-refractivity contribution is 5.81. The number of carbonyl (C=O) groups is 2. The second-order valence-corrected chi connectivity index (χ2v) is 8.51. The molecular weight excluding hydrogens is 382 g/mol. The van der Waals surface area contributed by atoms with Crippen molar-refractivity contribution in [3.63, 3.8) is 0 Å². The van der Waals surface area contributed by atoms with Crippen molar-refractivity contribution in [2.45, 2.75) is 76.9 Å². The van der Waals surface area contributed by atoms with Gasteiger partial charge in [0.05, 0.1) is 25.9 Å². The summed E-state index contributed by atoms with van der Waals surface area (Å²) in [4.78, 5) is 22.7. The fourth-order valence-corrected chi connectivity index (χ4v) is 4.49. The van der Waals surface area contributed by atoms with Crippen molar-refractivity contribution in [3.8, 4) is 0 Å². The van der Waals surface area contributed by atoms with Gasteiger partial charge in [-0.2, -0.15) is 0 Å². The Morgan fingerprint density at radius 3 is 2.87 bits per heavy atom. The Labute approximate surface area is 181 Å². The summed E-state index contributed by atoms with van der Waals surface area (Å²) >= 11 is 0. The fraction of sp³-hybridized carbons (Fsp3) is 0.750. The molecule has 0 radical (unpaired) electrons. The van der Waals surface area contributed by atoms with Crippen LogP contribution in [0.15, 0.2) is 24.3 Å². The van der Waals surface area contributed by atoms with Crippen LogP contribution in [0.3, 0.4) is 0 Å². The van der Waals surface area contributed by atoms with Crippen LogP contribution in [0.2, 0.25) is 0 Å². The van der Waals surface area contributed by atoms with E-state index in [1.165, 1.54) is 20.0 Å². The van der Waals surface area contributed by atoms with Crippen molar-refractivity contribution in [2.75, 3.05) is 20.3 Å². The molecule has 0 aromatic carbocycles. The molecule has 170 valence electrons. The molecule has 2 N–H and O–H groups in total. The first-order valence-electron chi connectivity index (χ1n) is 11.5. The summed E-state index contributed by atoms with van der Waals surface area (Å²) in [5.74, 6) is 1.01. The van der Waals surface area contributed by atoms with Crippen molar-refractivity contribution in [3.05, 3.63) is 24.3 Å². The number of allylic oxidation sites excluding steroid dienone is 2. The Kier molecular flexibility index (Phi) is 11.2. The first-order valence-corrected chi connectivity index (χ1v) is 11.5. The fourth-order valence-electron chi connectivity index (χ4n) is 4.49. The van der Waals surface area contributed by atoms with Crippen LogP contribution in [-0.2, 0) is 19.1 Å². The Bertz CT molecular complexity index is 588. The molecule has 6 heteroatoms. The van der Waals surface area contributed by atoms with Crippen molar-refractivity contribution < 1.29 is 24.2 Å². The number of esters is 1. The number of nitrogens with one attached hydrogen (secondary N) is 1. The molecule has 2 fully saturated rings. The first kappa shape index (κ1) is 24.6. The molecule has 6 nitrogen and oxygen atoms in total. The lowest BCUT2D eigenvalue weighted by Crippen LogP contribution is -2.29. The second-order valence-electron chi connectivity index (χ2n) is 8.51. The molecule has 5 atom stereocenters. The summed E-state index contributed by atoms with van der Waals surface area (Å²) in [5.41, 5.74) is 0. The third-order valence-electron chi connectivity index (χ3n) is 6.25. The van der Waals surface area contributed by atoms with E-state index in [4.69, 9.17) is 4.74 Å². The Morgan fingerprint density at radius 2 is 2.10 bits per heavy atom. The van der Waals surface area contributed by atoms with E-state index < -0.39 is 5.97 Å².